The van der Waals surface area contributed by atoms with Crippen molar-refractivity contribution >= 4 is 0 Å². The van der Waals surface area contributed by atoms with Crippen LogP contribution < -0.4 is 0 Å². The average molecular weight is 432 g/mol. The first-order valence-electron chi connectivity index (χ1n) is 2.37. The summed E-state index contributed by atoms with van der Waals surface area (Å²) in [5, 5.41) is 34.0. The third-order valence-corrected chi connectivity index (χ3v) is 1.40. The molecule has 0 bridgehead atoms. The number of hydrogen-bond acceptors (Lipinski definition) is 4. The summed E-state index contributed by atoms with van der Waals surface area (Å²) < 4.78 is 0. The van der Waals surface area contributed by atoms with Crippen LogP contribution in [-0.2, 0) is 79.2 Å². The average Bonchev–Trinajstić information content (AvgIpc) is 1.83. The van der Waals surface area contributed by atoms with E-state index in [0.717, 1.165) is 0 Å². The third-order valence-electron chi connectivity index (χ3n) is 1.40. The molecule has 0 spiro atoms. The predicted octanol–water partition coefficient (Wildman–Crippen LogP) is -6.88. The smallest absolute Gasteiger partial charge is 0.111 e. The predicted molar refractivity (Wildman–Crippen MR) is 44.6 cm³/mol. The van der Waals surface area contributed by atoms with Crippen molar-refractivity contribution in [2.24, 2.45) is 0 Å². The molecule has 1 aliphatic rings. The summed E-state index contributed by atoms with van der Waals surface area (Å²) in [7, 11) is 0. The minimum Gasteiger partial charge on any atom is -0.457 e. The molecule has 116 valence electrons. The maximum atomic E-state index is 8.50. The Kier molecular flexibility index (Phi) is 96.3. The molecular weight excluding hydrogens is 412 g/mol. The molecule has 0 heterocycles. The topological polar surface area (TPSA) is 241 Å². The van der Waals surface area contributed by atoms with Crippen LogP contribution in [0, 0.1) is 0 Å². The first kappa shape index (κ1) is 62.2. The molecule has 17 heavy (non-hydrogen) atoms. The molecular formula is C4H20Mn4O9+2. The van der Waals surface area contributed by atoms with Gasteiger partial charge in [0.1, 0.15) is 24.4 Å². The largest absolute Gasteiger partial charge is 0.457 e. The van der Waals surface area contributed by atoms with Gasteiger partial charge < -0.3 is 47.8 Å². The van der Waals surface area contributed by atoms with Crippen LogP contribution >= 0.6 is 0 Å². The third kappa shape index (κ3) is 13.9. The van der Waals surface area contributed by atoms with Crippen molar-refractivity contribution < 1.29 is 116 Å². The van der Waals surface area contributed by atoms with Crippen LogP contribution in [-0.4, -0.2) is 61.3 Å². The molecule has 1 aliphatic carbocycles. The van der Waals surface area contributed by atoms with E-state index in [1.807, 2.05) is 0 Å². The molecule has 4 radical (unpaired) electrons. The molecule has 13 heteroatoms. The van der Waals surface area contributed by atoms with Crippen LogP contribution in [0.3, 0.4) is 0 Å². The zero-order valence-electron chi connectivity index (χ0n) is 8.26. The molecule has 1 fully saturated rings. The standard InChI is InChI=1S/C4H8O4.4Mn.5H2O/c5-1-2(6)4(8)3(1)7;;;;;;;;;/h1-8H;;;;;5*1H2/p+2. The maximum Gasteiger partial charge on any atom is 0.111 e. The summed E-state index contributed by atoms with van der Waals surface area (Å²) in [5.41, 5.74) is 0. The van der Waals surface area contributed by atoms with Gasteiger partial charge in [0.2, 0.25) is 0 Å². The van der Waals surface area contributed by atoms with Gasteiger partial charge >= 0.3 is 0 Å². The van der Waals surface area contributed by atoms with Crippen molar-refractivity contribution in [2.75, 3.05) is 0 Å². The van der Waals surface area contributed by atoms with Crippen LogP contribution in [0.25, 0.3) is 0 Å². The van der Waals surface area contributed by atoms with E-state index in [1.54, 1.807) is 0 Å². The van der Waals surface area contributed by atoms with E-state index in [2.05, 4.69) is 0 Å². The van der Waals surface area contributed by atoms with Gasteiger partial charge in [0.15, 0.2) is 0 Å². The van der Waals surface area contributed by atoms with Crippen molar-refractivity contribution in [1.82, 2.24) is 0 Å². The van der Waals surface area contributed by atoms with Crippen LogP contribution in [0.2, 0.25) is 0 Å². The number of aliphatic hydroxyl groups excluding tert-OH is 4. The first-order valence-corrected chi connectivity index (χ1v) is 2.37. The van der Waals surface area contributed by atoms with E-state index in [0.29, 0.717) is 0 Å². The van der Waals surface area contributed by atoms with Gasteiger partial charge in [-0.2, -0.15) is 0 Å². The second kappa shape index (κ2) is 26.3. The van der Waals surface area contributed by atoms with E-state index in [-0.39, 0.29) is 95.7 Å². The zero-order valence-corrected chi connectivity index (χ0v) is 13.0. The summed E-state index contributed by atoms with van der Waals surface area (Å²) in [5.74, 6) is 0. The molecule has 1 rings (SSSR count). The van der Waals surface area contributed by atoms with Gasteiger partial charge in [-0.25, -0.2) is 0 Å². The molecule has 0 amide bonds. The van der Waals surface area contributed by atoms with E-state index in [1.165, 1.54) is 0 Å². The van der Waals surface area contributed by atoms with E-state index in [4.69, 9.17) is 20.4 Å². The molecule has 0 aromatic carbocycles. The Morgan fingerprint density at radius 2 is 0.471 bits per heavy atom. The summed E-state index contributed by atoms with van der Waals surface area (Å²) in [6, 6.07) is 0. The van der Waals surface area contributed by atoms with Gasteiger partial charge in [-0.3, -0.25) is 0 Å². The molecule has 0 unspecified atom stereocenters. The zero-order chi connectivity index (χ0) is 6.31. The number of aliphatic hydroxyl groups is 4. The Morgan fingerprint density at radius 1 is 0.412 bits per heavy atom. The van der Waals surface area contributed by atoms with Crippen LogP contribution in [0.15, 0.2) is 0 Å². The molecule has 0 aliphatic heterocycles. The molecule has 16 N–H and O–H groups in total. The number of hydrogen-bond donors (Lipinski definition) is 4. The molecule has 0 aromatic rings. The van der Waals surface area contributed by atoms with Gasteiger partial charge in [0.25, 0.3) is 0 Å². The maximum absolute atomic E-state index is 8.50. The second-order valence-electron chi connectivity index (χ2n) is 1.96. The van der Waals surface area contributed by atoms with Gasteiger partial charge in [0, 0.05) is 68.3 Å². The molecule has 1 saturated carbocycles. The van der Waals surface area contributed by atoms with Gasteiger partial charge in [-0.05, 0) is 0 Å². The van der Waals surface area contributed by atoms with Gasteiger partial charge in [-0.1, -0.05) is 0 Å². The minimum absolute atomic E-state index is 0. The Hall–Kier alpha value is 1.72. The van der Waals surface area contributed by atoms with Crippen molar-refractivity contribution in [3.05, 3.63) is 0 Å². The fourth-order valence-corrected chi connectivity index (χ4v) is 0.663. The Balaban J connectivity index is -0.0000000102. The van der Waals surface area contributed by atoms with Crippen LogP contribution in [0.5, 0.6) is 0 Å². The Morgan fingerprint density at radius 3 is 0.529 bits per heavy atom. The van der Waals surface area contributed by atoms with Gasteiger partial charge in [-0.15, -0.1) is 0 Å². The monoisotopic (exact) mass is 432 g/mol. The normalized spacial score (nSPS) is 26.1. The summed E-state index contributed by atoms with van der Waals surface area (Å²) in [6.45, 7) is 0. The molecule has 0 aromatic heterocycles. The van der Waals surface area contributed by atoms with Crippen molar-refractivity contribution in [2.45, 2.75) is 24.4 Å². The molecule has 0 saturated heterocycles. The Labute approximate surface area is 140 Å². The first-order chi connectivity index (χ1) is 3.64. The summed E-state index contributed by atoms with van der Waals surface area (Å²) in [4.78, 5) is 0. The molecule has 9 nitrogen and oxygen atoms in total. The van der Waals surface area contributed by atoms with E-state index >= 15 is 0 Å². The minimum atomic E-state index is -1.16. The van der Waals surface area contributed by atoms with E-state index < -0.39 is 24.4 Å². The fourth-order valence-electron chi connectivity index (χ4n) is 0.663. The molecule has 0 atom stereocenters. The summed E-state index contributed by atoms with van der Waals surface area (Å²) in [6.07, 6.45) is -4.65. The number of rotatable bonds is 0. The summed E-state index contributed by atoms with van der Waals surface area (Å²) >= 11 is 0. The van der Waals surface area contributed by atoms with Crippen LogP contribution in [0.1, 0.15) is 0 Å². The Bertz CT molecular complexity index is 79.0. The quantitative estimate of drug-likeness (QED) is 0.215. The second-order valence-corrected chi connectivity index (χ2v) is 1.96. The van der Waals surface area contributed by atoms with Gasteiger partial charge in [0.05, 0.1) is 0 Å². The van der Waals surface area contributed by atoms with Crippen molar-refractivity contribution in [3.8, 4) is 0 Å². The SMILES string of the molecule is O.O.O.OC1C(O)C(O)C1O.[Mn].[Mn].[Mn].[Mn].[OH3+].[OH3+]. The van der Waals surface area contributed by atoms with Crippen molar-refractivity contribution in [1.29, 1.82) is 0 Å². The van der Waals surface area contributed by atoms with E-state index in [9.17, 15) is 0 Å². The fraction of sp³-hybridized carbons (Fsp3) is 1.00. The van der Waals surface area contributed by atoms with Crippen molar-refractivity contribution in [3.63, 3.8) is 0 Å². The van der Waals surface area contributed by atoms with Crippen LogP contribution in [0.4, 0.5) is 0 Å².